The van der Waals surface area contributed by atoms with Crippen molar-refractivity contribution < 1.29 is 18.0 Å². The summed E-state index contributed by atoms with van der Waals surface area (Å²) < 4.78 is 41.5. The van der Waals surface area contributed by atoms with Gasteiger partial charge in [-0.1, -0.05) is 42.5 Å². The SMILES string of the molecule is C=C(/C=C(\P(C)c1ccc(CC(=O)c2cccc(C)c2)nc1)C(F)(F)F)c1cccnc1. The largest absolute Gasteiger partial charge is 0.417 e. The summed E-state index contributed by atoms with van der Waals surface area (Å²) >= 11 is 0. The molecule has 0 saturated carbocycles. The predicted octanol–water partition coefficient (Wildman–Crippen LogP) is 6.11. The van der Waals surface area contributed by atoms with Crippen molar-refractivity contribution in [3.8, 4) is 0 Å². The Morgan fingerprint density at radius 3 is 2.44 bits per heavy atom. The quantitative estimate of drug-likeness (QED) is 0.246. The molecule has 0 spiro atoms. The summed E-state index contributed by atoms with van der Waals surface area (Å²) in [5, 5.41) is -0.193. The topological polar surface area (TPSA) is 42.9 Å². The van der Waals surface area contributed by atoms with Gasteiger partial charge in [0.15, 0.2) is 5.78 Å². The minimum absolute atomic E-state index is 0.0867. The van der Waals surface area contributed by atoms with Gasteiger partial charge in [0.1, 0.15) is 0 Å². The van der Waals surface area contributed by atoms with E-state index in [4.69, 9.17) is 0 Å². The average Bonchev–Trinajstić information content (AvgIpc) is 2.77. The van der Waals surface area contributed by atoms with Crippen molar-refractivity contribution in [2.75, 3.05) is 6.66 Å². The minimum Gasteiger partial charge on any atom is -0.294 e. The van der Waals surface area contributed by atoms with E-state index in [1.807, 2.05) is 19.1 Å². The van der Waals surface area contributed by atoms with Crippen LogP contribution in [-0.4, -0.2) is 28.6 Å². The molecule has 164 valence electrons. The first-order valence-electron chi connectivity index (χ1n) is 9.82. The van der Waals surface area contributed by atoms with Crippen molar-refractivity contribution in [3.05, 3.63) is 107 Å². The third-order valence-electron chi connectivity index (χ3n) is 4.87. The van der Waals surface area contributed by atoms with Gasteiger partial charge in [0.2, 0.25) is 0 Å². The Hall–Kier alpha value is -3.11. The van der Waals surface area contributed by atoms with Gasteiger partial charge >= 0.3 is 6.18 Å². The predicted molar refractivity (Wildman–Crippen MR) is 123 cm³/mol. The number of pyridine rings is 2. The molecule has 0 aliphatic heterocycles. The molecule has 1 unspecified atom stereocenters. The van der Waals surface area contributed by atoms with Gasteiger partial charge in [-0.2, -0.15) is 13.2 Å². The number of nitrogens with zero attached hydrogens (tertiary/aromatic N) is 2. The van der Waals surface area contributed by atoms with Crippen LogP contribution in [0.1, 0.15) is 27.2 Å². The van der Waals surface area contributed by atoms with Gasteiger partial charge in [0, 0.05) is 29.8 Å². The highest BCUT2D eigenvalue weighted by atomic mass is 31.1. The van der Waals surface area contributed by atoms with E-state index in [1.165, 1.54) is 12.4 Å². The minimum atomic E-state index is -4.51. The molecule has 3 rings (SSSR count). The number of alkyl halides is 3. The molecular weight excluding hydrogens is 432 g/mol. The fourth-order valence-corrected chi connectivity index (χ4v) is 4.65. The van der Waals surface area contributed by atoms with Gasteiger partial charge < -0.3 is 0 Å². The second-order valence-corrected chi connectivity index (χ2v) is 9.45. The molecule has 32 heavy (non-hydrogen) atoms. The van der Waals surface area contributed by atoms with E-state index >= 15 is 0 Å². The van der Waals surface area contributed by atoms with Gasteiger partial charge in [0.05, 0.1) is 11.7 Å². The zero-order valence-electron chi connectivity index (χ0n) is 17.7. The van der Waals surface area contributed by atoms with E-state index in [1.54, 1.807) is 49.3 Å². The van der Waals surface area contributed by atoms with Crippen LogP contribution in [0, 0.1) is 6.92 Å². The standard InChI is InChI=1S/C25H22F3N2OP/c1-17-6-4-7-19(12-17)23(31)14-21-9-10-22(16-30-21)32(3)24(25(26,27)28)13-18(2)20-8-5-11-29-15-20/h4-13,15-16H,2,14H2,1,3H3/b24-13-. The van der Waals surface area contributed by atoms with E-state index < -0.39 is 19.4 Å². The first-order chi connectivity index (χ1) is 15.1. The molecule has 0 fully saturated rings. The molecule has 2 aromatic heterocycles. The molecule has 0 N–H and O–H groups in total. The second kappa shape index (κ2) is 10.0. The van der Waals surface area contributed by atoms with Crippen LogP contribution >= 0.6 is 7.92 Å². The van der Waals surface area contributed by atoms with E-state index in [0.717, 1.165) is 11.6 Å². The zero-order chi connectivity index (χ0) is 23.3. The number of benzene rings is 1. The molecule has 0 amide bonds. The van der Waals surface area contributed by atoms with Gasteiger partial charge in [-0.15, -0.1) is 0 Å². The highest BCUT2D eigenvalue weighted by Gasteiger charge is 2.37. The van der Waals surface area contributed by atoms with E-state index in [2.05, 4.69) is 16.5 Å². The van der Waals surface area contributed by atoms with Crippen LogP contribution in [0.4, 0.5) is 13.2 Å². The lowest BCUT2D eigenvalue weighted by atomic mass is 10.0. The van der Waals surface area contributed by atoms with Crippen LogP contribution in [0.25, 0.3) is 5.57 Å². The lowest BCUT2D eigenvalue weighted by Crippen LogP contribution is -2.16. The van der Waals surface area contributed by atoms with Crippen molar-refractivity contribution in [2.24, 2.45) is 0 Å². The number of ketones is 1. The highest BCUT2D eigenvalue weighted by Crippen LogP contribution is 2.49. The highest BCUT2D eigenvalue weighted by molar-refractivity contribution is 7.69. The number of aromatic nitrogens is 2. The number of allylic oxidation sites excluding steroid dienone is 3. The number of halogens is 3. The number of carbonyl (C=O) groups is 1. The maximum atomic E-state index is 13.8. The molecule has 0 radical (unpaired) electrons. The Balaban J connectivity index is 1.80. The van der Waals surface area contributed by atoms with E-state index in [0.29, 0.717) is 22.1 Å². The number of Topliss-reactive ketones (excluding diaryl/α,β-unsaturated/α-hetero) is 1. The molecule has 2 heterocycles. The van der Waals surface area contributed by atoms with Crippen LogP contribution in [0.2, 0.25) is 0 Å². The van der Waals surface area contributed by atoms with Crippen molar-refractivity contribution in [1.29, 1.82) is 0 Å². The Kier molecular flexibility index (Phi) is 7.37. The van der Waals surface area contributed by atoms with Gasteiger partial charge in [-0.05, 0) is 62.2 Å². The summed E-state index contributed by atoms with van der Waals surface area (Å²) in [7, 11) is -1.72. The molecule has 3 aromatic rings. The van der Waals surface area contributed by atoms with Crippen LogP contribution < -0.4 is 5.30 Å². The maximum Gasteiger partial charge on any atom is 0.417 e. The summed E-state index contributed by atoms with van der Waals surface area (Å²) in [5.41, 5.74) is 2.86. The van der Waals surface area contributed by atoms with Crippen molar-refractivity contribution >= 4 is 24.6 Å². The van der Waals surface area contributed by atoms with Crippen molar-refractivity contribution in [2.45, 2.75) is 19.5 Å². The van der Waals surface area contributed by atoms with E-state index in [-0.39, 0.29) is 17.8 Å². The lowest BCUT2D eigenvalue weighted by molar-refractivity contribution is -0.0840. The second-order valence-electron chi connectivity index (χ2n) is 7.33. The number of hydrogen-bond donors (Lipinski definition) is 0. The summed E-state index contributed by atoms with van der Waals surface area (Å²) in [6.45, 7) is 7.22. The molecule has 3 nitrogen and oxygen atoms in total. The third kappa shape index (κ3) is 5.98. The lowest BCUT2D eigenvalue weighted by Gasteiger charge is -2.20. The Morgan fingerprint density at radius 2 is 1.84 bits per heavy atom. The van der Waals surface area contributed by atoms with Gasteiger partial charge in [-0.3, -0.25) is 14.8 Å². The van der Waals surface area contributed by atoms with Crippen LogP contribution in [-0.2, 0) is 6.42 Å². The molecular formula is C25H22F3N2OP. The van der Waals surface area contributed by atoms with E-state index in [9.17, 15) is 18.0 Å². The molecule has 0 aliphatic rings. The van der Waals surface area contributed by atoms with Crippen molar-refractivity contribution in [3.63, 3.8) is 0 Å². The van der Waals surface area contributed by atoms with Crippen molar-refractivity contribution in [1.82, 2.24) is 9.97 Å². The smallest absolute Gasteiger partial charge is 0.294 e. The molecule has 1 aromatic carbocycles. The van der Waals surface area contributed by atoms with Crippen LogP contribution in [0.5, 0.6) is 0 Å². The Bertz CT molecular complexity index is 1140. The summed E-state index contributed by atoms with van der Waals surface area (Å²) in [5.74, 6) is -0.0867. The third-order valence-corrected chi connectivity index (χ3v) is 7.02. The van der Waals surface area contributed by atoms with Crippen LogP contribution in [0.3, 0.4) is 0 Å². The molecule has 7 heteroatoms. The normalized spacial score (nSPS) is 13.0. The monoisotopic (exact) mass is 454 g/mol. The summed E-state index contributed by atoms with van der Waals surface area (Å²) in [6.07, 6.45) is 1.12. The molecule has 0 aliphatic carbocycles. The molecule has 1 atom stereocenters. The fourth-order valence-electron chi connectivity index (χ4n) is 3.11. The number of hydrogen-bond acceptors (Lipinski definition) is 3. The molecule has 0 saturated heterocycles. The maximum absolute atomic E-state index is 13.8. The first-order valence-corrected chi connectivity index (χ1v) is 11.6. The fraction of sp³-hybridized carbons (Fsp3) is 0.160. The first kappa shape index (κ1) is 23.6. The van der Waals surface area contributed by atoms with Gasteiger partial charge in [0.25, 0.3) is 0 Å². The Labute approximate surface area is 186 Å². The average molecular weight is 454 g/mol. The number of aryl methyl sites for hydroxylation is 1. The molecule has 0 bridgehead atoms. The van der Waals surface area contributed by atoms with Crippen LogP contribution in [0.15, 0.2) is 85.1 Å². The summed E-state index contributed by atoms with van der Waals surface area (Å²) in [6, 6.07) is 13.8. The summed E-state index contributed by atoms with van der Waals surface area (Å²) in [4.78, 5) is 20.7. The van der Waals surface area contributed by atoms with Gasteiger partial charge in [-0.25, -0.2) is 0 Å². The Morgan fingerprint density at radius 1 is 1.09 bits per heavy atom. The number of rotatable bonds is 7. The number of carbonyl (C=O) groups excluding carboxylic acids is 1. The zero-order valence-corrected chi connectivity index (χ0v) is 18.6.